The second-order valence-corrected chi connectivity index (χ2v) is 8.27. The number of nitrogens with zero attached hydrogens (tertiary/aromatic N) is 4. The van der Waals surface area contributed by atoms with Gasteiger partial charge in [-0.15, -0.1) is 0 Å². The molecule has 0 radical (unpaired) electrons. The SMILES string of the molecule is C1CCC1.CNc1cc(Nc2cccn(C)c2=O)nc2c(C(=O)NC3CCC3(F)F)cnn12. The number of fused-ring (bicyclic) bond motifs is 1. The molecule has 0 saturated heterocycles. The lowest BCUT2D eigenvalue weighted by molar-refractivity contribution is -0.102. The highest BCUT2D eigenvalue weighted by Crippen LogP contribution is 2.37. The number of rotatable bonds is 5. The fraction of sp³-hybridized carbons (Fsp3) is 0.455. The minimum Gasteiger partial charge on any atom is -0.373 e. The fourth-order valence-corrected chi connectivity index (χ4v) is 3.37. The molecule has 2 aliphatic rings. The minimum atomic E-state index is -2.90. The lowest BCUT2D eigenvalue weighted by Crippen LogP contribution is -2.55. The molecule has 176 valence electrons. The molecule has 1 atom stereocenters. The standard InChI is InChI=1S/C18H19F2N7O2.C4H8/c1-21-14-8-13(23-11-4-3-7-26(2)17(11)29)25-15-10(9-22-27(14)15)16(28)24-12-5-6-18(12,19)20;1-2-4-3-1/h3-4,7-9,12,21H,5-6H2,1-2H3,(H,23,25)(H,24,28);1-4H2. The molecule has 0 bridgehead atoms. The van der Waals surface area contributed by atoms with Crippen LogP contribution in [-0.2, 0) is 7.05 Å². The Balaban J connectivity index is 0.000000586. The highest BCUT2D eigenvalue weighted by atomic mass is 19.3. The Hall–Kier alpha value is -3.50. The van der Waals surface area contributed by atoms with E-state index in [2.05, 4.69) is 26.0 Å². The number of hydrogen-bond acceptors (Lipinski definition) is 6. The van der Waals surface area contributed by atoms with Gasteiger partial charge in [-0.3, -0.25) is 9.59 Å². The first-order valence-corrected chi connectivity index (χ1v) is 11.0. The third-order valence-electron chi connectivity index (χ3n) is 5.94. The largest absolute Gasteiger partial charge is 0.373 e. The number of amides is 1. The zero-order chi connectivity index (χ0) is 23.6. The number of aromatic nitrogens is 4. The summed E-state index contributed by atoms with van der Waals surface area (Å²) in [6.07, 6.45) is 8.88. The summed E-state index contributed by atoms with van der Waals surface area (Å²) in [7, 11) is 3.29. The Bertz CT molecular complexity index is 1210. The highest BCUT2D eigenvalue weighted by molar-refractivity contribution is 6.00. The quantitative estimate of drug-likeness (QED) is 0.541. The van der Waals surface area contributed by atoms with Gasteiger partial charge in [0.2, 0.25) is 0 Å². The summed E-state index contributed by atoms with van der Waals surface area (Å²) in [5.74, 6) is -2.78. The maximum Gasteiger partial charge on any atom is 0.274 e. The first kappa shape index (κ1) is 22.7. The van der Waals surface area contributed by atoms with Gasteiger partial charge in [-0.25, -0.2) is 13.8 Å². The summed E-state index contributed by atoms with van der Waals surface area (Å²) in [5.41, 5.74) is 0.286. The van der Waals surface area contributed by atoms with Gasteiger partial charge in [-0.1, -0.05) is 25.7 Å². The molecule has 3 N–H and O–H groups in total. The van der Waals surface area contributed by atoms with Crippen LogP contribution in [0.2, 0.25) is 0 Å². The normalized spacial score (nSPS) is 18.4. The van der Waals surface area contributed by atoms with E-state index in [0.717, 1.165) is 0 Å². The van der Waals surface area contributed by atoms with Gasteiger partial charge in [0.1, 0.15) is 22.9 Å². The third-order valence-corrected chi connectivity index (χ3v) is 5.94. The number of nitrogens with one attached hydrogen (secondary N) is 3. The maximum atomic E-state index is 13.5. The van der Waals surface area contributed by atoms with E-state index >= 15 is 0 Å². The second-order valence-electron chi connectivity index (χ2n) is 8.27. The van der Waals surface area contributed by atoms with Crippen molar-refractivity contribution in [1.82, 2.24) is 24.5 Å². The van der Waals surface area contributed by atoms with Crippen molar-refractivity contribution >= 4 is 28.9 Å². The monoisotopic (exact) mass is 459 g/mol. The second kappa shape index (κ2) is 9.16. The van der Waals surface area contributed by atoms with Gasteiger partial charge in [0.25, 0.3) is 17.4 Å². The summed E-state index contributed by atoms with van der Waals surface area (Å²) < 4.78 is 29.8. The van der Waals surface area contributed by atoms with Crippen molar-refractivity contribution < 1.29 is 13.6 Å². The molecule has 1 amide bonds. The predicted octanol–water partition coefficient (Wildman–Crippen LogP) is 3.30. The van der Waals surface area contributed by atoms with Crippen molar-refractivity contribution in [3.63, 3.8) is 0 Å². The molecular formula is C22H27F2N7O2. The molecule has 1 unspecified atom stereocenters. The van der Waals surface area contributed by atoms with Crippen LogP contribution >= 0.6 is 0 Å². The first-order chi connectivity index (χ1) is 15.8. The van der Waals surface area contributed by atoms with Crippen molar-refractivity contribution in [2.75, 3.05) is 17.7 Å². The maximum absolute atomic E-state index is 13.5. The van der Waals surface area contributed by atoms with Gasteiger partial charge in [0, 0.05) is 32.8 Å². The average molecular weight is 460 g/mol. The number of carbonyl (C=O) groups is 1. The fourth-order valence-electron chi connectivity index (χ4n) is 3.37. The Morgan fingerprint density at radius 3 is 2.55 bits per heavy atom. The van der Waals surface area contributed by atoms with Crippen LogP contribution in [0.3, 0.4) is 0 Å². The van der Waals surface area contributed by atoms with Crippen LogP contribution in [-0.4, -0.2) is 44.1 Å². The van der Waals surface area contributed by atoms with E-state index < -0.39 is 17.9 Å². The van der Waals surface area contributed by atoms with Gasteiger partial charge in [-0.05, 0) is 18.6 Å². The number of halogens is 2. The topological polar surface area (TPSA) is 105 Å². The Morgan fingerprint density at radius 2 is 1.97 bits per heavy atom. The molecule has 0 aliphatic heterocycles. The molecule has 0 aromatic carbocycles. The molecular weight excluding hydrogens is 432 g/mol. The van der Waals surface area contributed by atoms with Crippen LogP contribution < -0.4 is 21.5 Å². The summed E-state index contributed by atoms with van der Waals surface area (Å²) in [6.45, 7) is 0. The summed E-state index contributed by atoms with van der Waals surface area (Å²) in [4.78, 5) is 29.2. The van der Waals surface area contributed by atoms with Crippen LogP contribution in [0, 0.1) is 0 Å². The van der Waals surface area contributed by atoms with Crippen LogP contribution in [0.15, 0.2) is 35.4 Å². The molecule has 3 aromatic rings. The van der Waals surface area contributed by atoms with Crippen molar-refractivity contribution in [2.45, 2.75) is 50.5 Å². The zero-order valence-electron chi connectivity index (χ0n) is 18.6. The van der Waals surface area contributed by atoms with Crippen LogP contribution in [0.25, 0.3) is 5.65 Å². The van der Waals surface area contributed by atoms with Crippen LogP contribution in [0.5, 0.6) is 0 Å². The first-order valence-electron chi connectivity index (χ1n) is 11.0. The van der Waals surface area contributed by atoms with Gasteiger partial charge in [0.05, 0.1) is 12.2 Å². The number of pyridine rings is 1. The molecule has 3 aromatic heterocycles. The molecule has 2 saturated carbocycles. The van der Waals surface area contributed by atoms with E-state index in [9.17, 15) is 18.4 Å². The molecule has 2 aliphatic carbocycles. The smallest absolute Gasteiger partial charge is 0.274 e. The van der Waals surface area contributed by atoms with E-state index in [-0.39, 0.29) is 29.6 Å². The lowest BCUT2D eigenvalue weighted by atomic mass is 9.88. The molecule has 11 heteroatoms. The van der Waals surface area contributed by atoms with Gasteiger partial charge >= 0.3 is 0 Å². The van der Waals surface area contributed by atoms with E-state index in [1.165, 1.54) is 41.0 Å². The predicted molar refractivity (Wildman–Crippen MR) is 121 cm³/mol. The number of aryl methyl sites for hydroxylation is 1. The lowest BCUT2D eigenvalue weighted by Gasteiger charge is -2.36. The van der Waals surface area contributed by atoms with E-state index in [0.29, 0.717) is 17.3 Å². The zero-order valence-corrected chi connectivity index (χ0v) is 18.6. The summed E-state index contributed by atoms with van der Waals surface area (Å²) in [5, 5.41) is 12.3. The van der Waals surface area contributed by atoms with E-state index in [1.54, 1.807) is 38.5 Å². The summed E-state index contributed by atoms with van der Waals surface area (Å²) >= 11 is 0. The van der Waals surface area contributed by atoms with Crippen molar-refractivity contribution in [2.24, 2.45) is 7.05 Å². The molecule has 0 spiro atoms. The minimum absolute atomic E-state index is 0.0637. The molecule has 9 nitrogen and oxygen atoms in total. The number of alkyl halides is 2. The van der Waals surface area contributed by atoms with Crippen LogP contribution in [0.1, 0.15) is 48.9 Å². The third kappa shape index (κ3) is 4.67. The molecule has 33 heavy (non-hydrogen) atoms. The van der Waals surface area contributed by atoms with E-state index in [4.69, 9.17) is 0 Å². The van der Waals surface area contributed by atoms with Crippen LogP contribution in [0.4, 0.5) is 26.1 Å². The van der Waals surface area contributed by atoms with E-state index in [1.807, 2.05) is 0 Å². The van der Waals surface area contributed by atoms with Gasteiger partial charge < -0.3 is 20.5 Å². The Kier molecular flexibility index (Phi) is 6.30. The highest BCUT2D eigenvalue weighted by Gasteiger charge is 2.49. The van der Waals surface area contributed by atoms with Gasteiger partial charge in [0.15, 0.2) is 5.65 Å². The number of anilines is 3. The summed E-state index contributed by atoms with van der Waals surface area (Å²) in [6, 6.07) is 3.74. The van der Waals surface area contributed by atoms with Crippen molar-refractivity contribution in [3.05, 3.63) is 46.5 Å². The van der Waals surface area contributed by atoms with Crippen molar-refractivity contribution in [3.8, 4) is 0 Å². The number of hydrogen-bond donors (Lipinski definition) is 3. The molecule has 3 heterocycles. The van der Waals surface area contributed by atoms with Crippen molar-refractivity contribution in [1.29, 1.82) is 0 Å². The molecule has 2 fully saturated rings. The Labute approximate surface area is 189 Å². The number of carbonyl (C=O) groups excluding carboxylic acids is 1. The Morgan fingerprint density at radius 1 is 1.24 bits per heavy atom. The van der Waals surface area contributed by atoms with Gasteiger partial charge in [-0.2, -0.15) is 9.61 Å². The average Bonchev–Trinajstić information content (AvgIpc) is 3.17. The molecule has 5 rings (SSSR count).